The number of para-hydroxylation sites is 2. The summed E-state index contributed by atoms with van der Waals surface area (Å²) in [5.41, 5.74) is 3.97. The quantitative estimate of drug-likeness (QED) is 0.551. The van der Waals surface area contributed by atoms with Gasteiger partial charge in [-0.1, -0.05) is 48.5 Å². The first kappa shape index (κ1) is 17.8. The lowest BCUT2D eigenvalue weighted by molar-refractivity contribution is -0.116. The van der Waals surface area contributed by atoms with E-state index in [1.54, 1.807) is 24.3 Å². The highest BCUT2D eigenvalue weighted by atomic mass is 16.5. The van der Waals surface area contributed by atoms with Gasteiger partial charge >= 0.3 is 5.76 Å². The van der Waals surface area contributed by atoms with Gasteiger partial charge in [-0.15, -0.1) is 0 Å². The molecule has 4 aromatic rings. The molecule has 0 aliphatic carbocycles. The van der Waals surface area contributed by atoms with Crippen LogP contribution in [0.25, 0.3) is 22.4 Å². The number of oxazole rings is 1. The summed E-state index contributed by atoms with van der Waals surface area (Å²) in [7, 11) is 0. The second-order valence-corrected chi connectivity index (χ2v) is 6.41. The monoisotopic (exact) mass is 377 g/mol. The number of benzene rings is 2. The van der Waals surface area contributed by atoms with Gasteiger partial charge in [0.25, 0.3) is 0 Å². The van der Waals surface area contributed by atoms with Crippen molar-refractivity contribution in [3.8, 4) is 11.3 Å². The minimum atomic E-state index is -0.480. The molecule has 2 aromatic carbocycles. The average molecular weight is 377 g/mol. The predicted molar refractivity (Wildman–Crippen MR) is 105 cm³/mol. The largest absolute Gasteiger partial charge is 0.419 e. The standard InChI is InChI=1S/C21H19N3O4/c1-2-14-7-9-15(10-8-14)16-13-20(28-23-16)22-19(25)11-12-24-17-5-3-4-6-18(17)27-21(24)26/h3-10,13H,2,11-12H2,1H3,(H,22,25). The second-order valence-electron chi connectivity index (χ2n) is 6.41. The number of aryl methyl sites for hydroxylation is 2. The first-order valence-electron chi connectivity index (χ1n) is 9.08. The number of carbonyl (C=O) groups is 1. The van der Waals surface area contributed by atoms with Crippen molar-refractivity contribution in [3.05, 3.63) is 70.7 Å². The number of amides is 1. The highest BCUT2D eigenvalue weighted by molar-refractivity contribution is 5.89. The number of hydrogen-bond acceptors (Lipinski definition) is 5. The molecule has 0 radical (unpaired) electrons. The maximum absolute atomic E-state index is 12.2. The Morgan fingerprint density at radius 3 is 2.71 bits per heavy atom. The molecule has 2 heterocycles. The summed E-state index contributed by atoms with van der Waals surface area (Å²) in [4.78, 5) is 24.2. The van der Waals surface area contributed by atoms with Crippen molar-refractivity contribution in [2.24, 2.45) is 0 Å². The fourth-order valence-electron chi connectivity index (χ4n) is 3.02. The summed E-state index contributed by atoms with van der Waals surface area (Å²) < 4.78 is 11.8. The van der Waals surface area contributed by atoms with E-state index in [1.807, 2.05) is 30.3 Å². The molecule has 7 nitrogen and oxygen atoms in total. The zero-order valence-corrected chi connectivity index (χ0v) is 15.3. The van der Waals surface area contributed by atoms with Crippen molar-refractivity contribution in [2.45, 2.75) is 26.3 Å². The smallest absolute Gasteiger partial charge is 0.408 e. The first-order chi connectivity index (χ1) is 13.6. The molecule has 2 aromatic heterocycles. The fraction of sp³-hybridized carbons (Fsp3) is 0.190. The Labute approximate surface area is 160 Å². The van der Waals surface area contributed by atoms with Gasteiger partial charge in [0.15, 0.2) is 5.58 Å². The third-order valence-corrected chi connectivity index (χ3v) is 4.57. The van der Waals surface area contributed by atoms with Crippen molar-refractivity contribution < 1.29 is 13.7 Å². The lowest BCUT2D eigenvalue weighted by Crippen LogP contribution is -2.19. The number of nitrogens with zero attached hydrogens (tertiary/aromatic N) is 2. The molecule has 0 saturated carbocycles. The molecular weight excluding hydrogens is 358 g/mol. The minimum Gasteiger partial charge on any atom is -0.408 e. The molecule has 0 unspecified atom stereocenters. The first-order valence-corrected chi connectivity index (χ1v) is 9.08. The third kappa shape index (κ3) is 3.59. The zero-order valence-electron chi connectivity index (χ0n) is 15.3. The Morgan fingerprint density at radius 2 is 1.93 bits per heavy atom. The van der Waals surface area contributed by atoms with Gasteiger partial charge < -0.3 is 8.94 Å². The van der Waals surface area contributed by atoms with Gasteiger partial charge in [0.1, 0.15) is 5.69 Å². The van der Waals surface area contributed by atoms with E-state index in [9.17, 15) is 9.59 Å². The van der Waals surface area contributed by atoms with E-state index < -0.39 is 5.76 Å². The summed E-state index contributed by atoms with van der Waals surface area (Å²) in [6, 6.07) is 16.8. The van der Waals surface area contributed by atoms with Crippen molar-refractivity contribution >= 4 is 22.9 Å². The van der Waals surface area contributed by atoms with E-state index in [4.69, 9.17) is 8.94 Å². The summed E-state index contributed by atoms with van der Waals surface area (Å²) in [5, 5.41) is 6.67. The van der Waals surface area contributed by atoms with Crippen molar-refractivity contribution in [1.29, 1.82) is 0 Å². The van der Waals surface area contributed by atoms with E-state index in [-0.39, 0.29) is 24.8 Å². The molecule has 142 valence electrons. The van der Waals surface area contributed by atoms with Crippen molar-refractivity contribution in [1.82, 2.24) is 9.72 Å². The molecule has 28 heavy (non-hydrogen) atoms. The van der Waals surface area contributed by atoms with Gasteiger partial charge in [-0.25, -0.2) is 4.79 Å². The van der Waals surface area contributed by atoms with Gasteiger partial charge in [0.05, 0.1) is 5.52 Å². The van der Waals surface area contributed by atoms with Crippen LogP contribution in [0.1, 0.15) is 18.9 Å². The van der Waals surface area contributed by atoms with E-state index in [0.29, 0.717) is 16.8 Å². The van der Waals surface area contributed by atoms with Crippen LogP contribution < -0.4 is 11.1 Å². The molecule has 0 spiro atoms. The van der Waals surface area contributed by atoms with Crippen LogP contribution in [0.4, 0.5) is 5.88 Å². The Bertz CT molecular complexity index is 1170. The summed E-state index contributed by atoms with van der Waals surface area (Å²) in [5.74, 6) is -0.489. The van der Waals surface area contributed by atoms with E-state index in [2.05, 4.69) is 17.4 Å². The highest BCUT2D eigenvalue weighted by Crippen LogP contribution is 2.22. The third-order valence-electron chi connectivity index (χ3n) is 4.57. The van der Waals surface area contributed by atoms with Crippen LogP contribution in [-0.4, -0.2) is 15.6 Å². The maximum Gasteiger partial charge on any atom is 0.419 e. The number of anilines is 1. The Morgan fingerprint density at radius 1 is 1.14 bits per heavy atom. The number of hydrogen-bond donors (Lipinski definition) is 1. The molecule has 4 rings (SSSR count). The van der Waals surface area contributed by atoms with Crippen LogP contribution in [0, 0.1) is 0 Å². The number of rotatable bonds is 6. The van der Waals surface area contributed by atoms with Crippen LogP contribution in [0.2, 0.25) is 0 Å². The maximum atomic E-state index is 12.2. The van der Waals surface area contributed by atoms with Crippen molar-refractivity contribution in [2.75, 3.05) is 5.32 Å². The van der Waals surface area contributed by atoms with E-state index >= 15 is 0 Å². The number of carbonyl (C=O) groups excluding carboxylic acids is 1. The average Bonchev–Trinajstić information content (AvgIpc) is 3.30. The van der Waals surface area contributed by atoms with Crippen LogP contribution in [0.15, 0.2) is 68.3 Å². The number of nitrogens with one attached hydrogen (secondary N) is 1. The predicted octanol–water partition coefficient (Wildman–Crippen LogP) is 3.84. The molecule has 1 amide bonds. The molecule has 0 aliphatic rings. The van der Waals surface area contributed by atoms with Crippen LogP contribution >= 0.6 is 0 Å². The number of fused-ring (bicyclic) bond motifs is 1. The van der Waals surface area contributed by atoms with Gasteiger partial charge in [-0.05, 0) is 24.1 Å². The van der Waals surface area contributed by atoms with E-state index in [1.165, 1.54) is 10.1 Å². The topological polar surface area (TPSA) is 90.3 Å². The lowest BCUT2D eigenvalue weighted by Gasteiger charge is -2.02. The Balaban J connectivity index is 1.40. The molecule has 0 atom stereocenters. The summed E-state index contributed by atoms with van der Waals surface area (Å²) in [6.07, 6.45) is 1.07. The molecule has 0 bridgehead atoms. The lowest BCUT2D eigenvalue weighted by atomic mass is 10.1. The Hall–Kier alpha value is -3.61. The zero-order chi connectivity index (χ0) is 19.5. The molecule has 1 N–H and O–H groups in total. The highest BCUT2D eigenvalue weighted by Gasteiger charge is 2.13. The van der Waals surface area contributed by atoms with Crippen LogP contribution in [0.5, 0.6) is 0 Å². The second kappa shape index (κ2) is 7.56. The Kier molecular flexibility index (Phi) is 4.80. The normalized spacial score (nSPS) is 11.0. The van der Waals surface area contributed by atoms with Crippen molar-refractivity contribution in [3.63, 3.8) is 0 Å². The summed E-state index contributed by atoms with van der Waals surface area (Å²) >= 11 is 0. The van der Waals surface area contributed by atoms with Gasteiger partial charge in [0.2, 0.25) is 11.8 Å². The van der Waals surface area contributed by atoms with Gasteiger partial charge in [0, 0.05) is 24.6 Å². The van der Waals surface area contributed by atoms with E-state index in [0.717, 1.165) is 12.0 Å². The fourth-order valence-corrected chi connectivity index (χ4v) is 3.02. The molecule has 0 saturated heterocycles. The molecular formula is C21H19N3O4. The summed E-state index contributed by atoms with van der Waals surface area (Å²) in [6.45, 7) is 2.31. The van der Waals surface area contributed by atoms with Crippen LogP contribution in [0.3, 0.4) is 0 Å². The van der Waals surface area contributed by atoms with Gasteiger partial charge in [-0.3, -0.25) is 14.7 Å². The minimum absolute atomic E-state index is 0.102. The van der Waals surface area contributed by atoms with Gasteiger partial charge in [-0.2, -0.15) is 0 Å². The molecule has 0 aliphatic heterocycles. The molecule has 7 heteroatoms. The van der Waals surface area contributed by atoms with Crippen LogP contribution in [-0.2, 0) is 17.8 Å². The number of aromatic nitrogens is 2. The molecule has 0 fully saturated rings. The SMILES string of the molecule is CCc1ccc(-c2cc(NC(=O)CCn3c(=O)oc4ccccc43)on2)cc1.